The molecule has 0 amide bonds. The third kappa shape index (κ3) is 2.84. The third-order valence-corrected chi connectivity index (χ3v) is 5.45. The molecule has 2 fully saturated rings. The van der Waals surface area contributed by atoms with Gasteiger partial charge in [-0.25, -0.2) is 4.79 Å². The van der Waals surface area contributed by atoms with Crippen molar-refractivity contribution in [2.24, 2.45) is 7.05 Å². The number of carbonyl (C=O) groups is 1. The van der Waals surface area contributed by atoms with Gasteiger partial charge in [-0.1, -0.05) is 0 Å². The van der Waals surface area contributed by atoms with E-state index in [1.807, 2.05) is 11.5 Å². The summed E-state index contributed by atoms with van der Waals surface area (Å²) in [6.45, 7) is 6.57. The Kier molecular flexibility index (Phi) is 4.50. The Morgan fingerprint density at radius 3 is 2.59 bits per heavy atom. The molecule has 10 nitrogen and oxygen atoms in total. The Hall–Kier alpha value is -2.62. The van der Waals surface area contributed by atoms with E-state index in [1.165, 1.54) is 4.57 Å². The van der Waals surface area contributed by atoms with Gasteiger partial charge in [-0.05, 0) is 19.8 Å². The molecule has 0 bridgehead atoms. The molecule has 10 heteroatoms. The first-order valence-electron chi connectivity index (χ1n) is 9.45. The number of carboxylic acid groups (broad SMARTS) is 1. The maximum Gasteiger partial charge on any atom is 0.326 e. The summed E-state index contributed by atoms with van der Waals surface area (Å²) >= 11 is 0. The number of carboxylic acids is 1. The van der Waals surface area contributed by atoms with E-state index in [-0.39, 0.29) is 5.56 Å². The molecule has 146 valence electrons. The van der Waals surface area contributed by atoms with Gasteiger partial charge in [0.05, 0.1) is 0 Å². The fourth-order valence-electron chi connectivity index (χ4n) is 4.06. The maximum absolute atomic E-state index is 13.1. The van der Waals surface area contributed by atoms with E-state index >= 15 is 0 Å². The predicted octanol–water partition coefficient (Wildman–Crippen LogP) is -0.387. The van der Waals surface area contributed by atoms with Gasteiger partial charge < -0.3 is 24.8 Å². The smallest absolute Gasteiger partial charge is 0.326 e. The van der Waals surface area contributed by atoms with E-state index in [0.29, 0.717) is 36.6 Å². The molecule has 4 heterocycles. The van der Waals surface area contributed by atoms with Gasteiger partial charge in [0.25, 0.3) is 5.56 Å². The second kappa shape index (κ2) is 6.84. The maximum atomic E-state index is 13.1. The van der Waals surface area contributed by atoms with Gasteiger partial charge in [0.15, 0.2) is 11.2 Å². The highest BCUT2D eigenvalue weighted by Crippen LogP contribution is 2.26. The van der Waals surface area contributed by atoms with Crippen molar-refractivity contribution in [2.75, 3.05) is 42.5 Å². The zero-order valence-corrected chi connectivity index (χ0v) is 15.7. The van der Waals surface area contributed by atoms with Gasteiger partial charge >= 0.3 is 5.97 Å². The van der Waals surface area contributed by atoms with E-state index in [9.17, 15) is 14.7 Å². The minimum atomic E-state index is -0.887. The molecule has 0 unspecified atom stereocenters. The number of fused-ring (bicyclic) bond motifs is 1. The molecule has 0 spiro atoms. The van der Waals surface area contributed by atoms with Gasteiger partial charge in [-0.3, -0.25) is 9.36 Å². The topological polar surface area (TPSA) is 109 Å². The van der Waals surface area contributed by atoms with Crippen LogP contribution in [0, 0.1) is 0 Å². The van der Waals surface area contributed by atoms with E-state index in [0.717, 1.165) is 38.5 Å². The quantitative estimate of drug-likeness (QED) is 0.744. The van der Waals surface area contributed by atoms with Gasteiger partial charge in [0, 0.05) is 46.3 Å². The van der Waals surface area contributed by atoms with E-state index in [1.54, 1.807) is 11.9 Å². The molecule has 2 aromatic rings. The molecule has 1 atom stereocenters. The molecule has 27 heavy (non-hydrogen) atoms. The summed E-state index contributed by atoms with van der Waals surface area (Å²) in [7, 11) is 1.65. The number of aliphatic carboxylic acids is 1. The lowest BCUT2D eigenvalue weighted by Crippen LogP contribution is -2.44. The summed E-state index contributed by atoms with van der Waals surface area (Å²) < 4.78 is 3.37. The Labute approximate surface area is 156 Å². The standard InChI is InChI=1S/C17H25N7O3/c1-3-23-12-13(20-17(23)22-9-6-18-7-10-22)19-16(21(2)14(12)25)24-8-4-5-11(24)15(26)27/h11,18H,3-10H2,1-2H3,(H,26,27)/t11-/m0/s1. The van der Waals surface area contributed by atoms with Crippen molar-refractivity contribution < 1.29 is 9.90 Å². The number of anilines is 2. The average Bonchev–Trinajstić information content (AvgIpc) is 3.30. The van der Waals surface area contributed by atoms with Crippen LogP contribution in [0.5, 0.6) is 0 Å². The highest BCUT2D eigenvalue weighted by Gasteiger charge is 2.34. The van der Waals surface area contributed by atoms with Gasteiger partial charge in [-0.15, -0.1) is 0 Å². The lowest BCUT2D eigenvalue weighted by Gasteiger charge is -2.28. The summed E-state index contributed by atoms with van der Waals surface area (Å²) in [4.78, 5) is 37.9. The molecule has 2 aromatic heterocycles. The molecule has 4 rings (SSSR count). The van der Waals surface area contributed by atoms with Crippen molar-refractivity contribution >= 4 is 29.0 Å². The molecule has 0 aromatic carbocycles. The van der Waals surface area contributed by atoms with Crippen molar-refractivity contribution in [3.63, 3.8) is 0 Å². The Morgan fingerprint density at radius 1 is 1.22 bits per heavy atom. The molecular weight excluding hydrogens is 350 g/mol. The second-order valence-electron chi connectivity index (χ2n) is 7.03. The van der Waals surface area contributed by atoms with Gasteiger partial charge in [0.1, 0.15) is 6.04 Å². The number of aryl methyl sites for hydroxylation is 1. The molecule has 0 saturated carbocycles. The molecule has 2 N–H and O–H groups in total. The fraction of sp³-hybridized carbons (Fsp3) is 0.647. The lowest BCUT2D eigenvalue weighted by atomic mass is 10.2. The number of piperazine rings is 1. The molecular formula is C17H25N7O3. The summed E-state index contributed by atoms with van der Waals surface area (Å²) in [5.74, 6) is 0.249. The first-order chi connectivity index (χ1) is 13.0. The number of hydrogen-bond acceptors (Lipinski definition) is 7. The van der Waals surface area contributed by atoms with Crippen LogP contribution < -0.4 is 20.7 Å². The number of nitrogens with one attached hydrogen (secondary N) is 1. The Morgan fingerprint density at radius 2 is 1.93 bits per heavy atom. The van der Waals surface area contributed by atoms with E-state index < -0.39 is 12.0 Å². The van der Waals surface area contributed by atoms with Crippen LogP contribution in [-0.4, -0.2) is 68.9 Å². The number of hydrogen-bond donors (Lipinski definition) is 2. The Balaban J connectivity index is 1.86. The van der Waals surface area contributed by atoms with Crippen molar-refractivity contribution in [1.82, 2.24) is 24.4 Å². The van der Waals surface area contributed by atoms with Crippen LogP contribution in [0.15, 0.2) is 4.79 Å². The van der Waals surface area contributed by atoms with Gasteiger partial charge in [0.2, 0.25) is 11.9 Å². The minimum Gasteiger partial charge on any atom is -0.480 e. The van der Waals surface area contributed by atoms with Crippen LogP contribution in [0.25, 0.3) is 11.2 Å². The molecule has 0 aliphatic carbocycles. The zero-order chi connectivity index (χ0) is 19.1. The number of imidazole rings is 1. The van der Waals surface area contributed by atoms with Crippen molar-refractivity contribution in [3.8, 4) is 0 Å². The van der Waals surface area contributed by atoms with E-state index in [4.69, 9.17) is 0 Å². The number of nitrogens with zero attached hydrogens (tertiary/aromatic N) is 6. The average molecular weight is 375 g/mol. The largest absolute Gasteiger partial charge is 0.480 e. The third-order valence-electron chi connectivity index (χ3n) is 5.45. The van der Waals surface area contributed by atoms with Crippen LogP contribution in [0.1, 0.15) is 19.8 Å². The number of aromatic nitrogens is 4. The predicted molar refractivity (Wildman–Crippen MR) is 102 cm³/mol. The number of rotatable bonds is 4. The van der Waals surface area contributed by atoms with Crippen molar-refractivity contribution in [2.45, 2.75) is 32.4 Å². The summed E-state index contributed by atoms with van der Waals surface area (Å²) in [5.41, 5.74) is 0.671. The first kappa shape index (κ1) is 17.8. The van der Waals surface area contributed by atoms with E-state index in [2.05, 4.69) is 20.2 Å². The molecule has 2 saturated heterocycles. The normalized spacial score (nSPS) is 20.6. The first-order valence-corrected chi connectivity index (χ1v) is 9.45. The highest BCUT2D eigenvalue weighted by molar-refractivity contribution is 5.80. The summed E-state index contributed by atoms with van der Waals surface area (Å²) in [6, 6.07) is -0.651. The minimum absolute atomic E-state index is 0.193. The molecule has 0 radical (unpaired) electrons. The monoisotopic (exact) mass is 375 g/mol. The second-order valence-corrected chi connectivity index (χ2v) is 7.03. The van der Waals surface area contributed by atoms with Crippen molar-refractivity contribution in [1.29, 1.82) is 0 Å². The lowest BCUT2D eigenvalue weighted by molar-refractivity contribution is -0.138. The SMILES string of the molecule is CCn1c(N2CCNCC2)nc2nc(N3CCC[C@H]3C(=O)O)n(C)c(=O)c21. The summed E-state index contributed by atoms with van der Waals surface area (Å²) in [6.07, 6.45) is 1.32. The highest BCUT2D eigenvalue weighted by atomic mass is 16.4. The zero-order valence-electron chi connectivity index (χ0n) is 15.7. The van der Waals surface area contributed by atoms with Crippen LogP contribution in [0.4, 0.5) is 11.9 Å². The van der Waals surface area contributed by atoms with Crippen LogP contribution in [0.2, 0.25) is 0 Å². The molecule has 2 aliphatic heterocycles. The van der Waals surface area contributed by atoms with Crippen LogP contribution >= 0.6 is 0 Å². The van der Waals surface area contributed by atoms with Gasteiger partial charge in [-0.2, -0.15) is 9.97 Å². The molecule has 2 aliphatic rings. The summed E-state index contributed by atoms with van der Waals surface area (Å²) in [5, 5.41) is 12.8. The Bertz CT molecular complexity index is 929. The van der Waals surface area contributed by atoms with Crippen molar-refractivity contribution in [3.05, 3.63) is 10.4 Å². The van der Waals surface area contributed by atoms with Crippen LogP contribution in [-0.2, 0) is 18.4 Å². The fourth-order valence-corrected chi connectivity index (χ4v) is 4.06. The van der Waals surface area contributed by atoms with Crippen LogP contribution in [0.3, 0.4) is 0 Å².